The molecule has 1 saturated heterocycles. The van der Waals surface area contributed by atoms with Crippen molar-refractivity contribution in [2.45, 2.75) is 224 Å². The minimum atomic E-state index is -2.61. The summed E-state index contributed by atoms with van der Waals surface area (Å²) < 4.78 is 17.5. The Bertz CT molecular complexity index is 3250. The maximum Gasteiger partial charge on any atom is 0.408 e. The molecule has 12 amide bonds. The molecule has 21 N–H and O–H groups in total. The summed E-state index contributed by atoms with van der Waals surface area (Å²) in [5.41, 5.74) is 14.2. The molecule has 1 aliphatic heterocycles. The number of aliphatic imine (C=N–C) groups is 1. The molecule has 1 aliphatic carbocycles. The number of amides is 12. The number of carbonyl (C=O) groups is 13. The first-order valence-corrected chi connectivity index (χ1v) is 34.3. The van der Waals surface area contributed by atoms with Gasteiger partial charge < -0.3 is 110 Å². The topological polar surface area (TPSA) is 553 Å². The van der Waals surface area contributed by atoms with Crippen molar-refractivity contribution in [1.29, 1.82) is 0 Å². The van der Waals surface area contributed by atoms with E-state index >= 15 is 14.4 Å². The highest BCUT2D eigenvalue weighted by Gasteiger charge is 2.48. The van der Waals surface area contributed by atoms with Crippen LogP contribution in [0, 0.1) is 17.8 Å². The molecule has 2 unspecified atom stereocenters. The fraction of sp³-hybridized carbons (Fsp3) is 0.618. The van der Waals surface area contributed by atoms with Crippen molar-refractivity contribution in [2.75, 3.05) is 26.3 Å². The van der Waals surface area contributed by atoms with Crippen LogP contribution in [0.4, 0.5) is 4.79 Å². The van der Waals surface area contributed by atoms with Crippen LogP contribution in [-0.4, -0.2) is 214 Å². The van der Waals surface area contributed by atoms with Gasteiger partial charge in [-0.3, -0.25) is 57.7 Å². The molecule has 103 heavy (non-hydrogen) atoms. The van der Waals surface area contributed by atoms with Crippen LogP contribution in [0.5, 0.6) is 0 Å². The Balaban J connectivity index is 2.00. The summed E-state index contributed by atoms with van der Waals surface area (Å²) in [6.45, 7) is 12.6. The molecule has 0 aromatic heterocycles. The molecule has 1 heterocycles. The third-order valence-electron chi connectivity index (χ3n) is 17.0. The maximum absolute atomic E-state index is 15.8. The molecule has 1 saturated carbocycles. The summed E-state index contributed by atoms with van der Waals surface area (Å²) in [7, 11) is 0. The number of esters is 1. The van der Waals surface area contributed by atoms with Crippen molar-refractivity contribution in [3.8, 4) is 0 Å². The Morgan fingerprint density at radius 1 is 0.689 bits per heavy atom. The maximum atomic E-state index is 15.8. The average molecular weight is 1450 g/mol. The van der Waals surface area contributed by atoms with E-state index in [1.165, 1.54) is 44.2 Å². The Labute approximate surface area is 597 Å². The number of guanidine groups is 1. The van der Waals surface area contributed by atoms with Gasteiger partial charge in [0.2, 0.25) is 65.0 Å². The predicted molar refractivity (Wildman–Crippen MR) is 371 cm³/mol. The molecule has 2 aromatic rings. The normalized spacial score (nSPS) is 24.1. The number of nitrogens with two attached hydrogens (primary N) is 3. The van der Waals surface area contributed by atoms with Crippen LogP contribution in [-0.2, 0) is 78.4 Å². The smallest absolute Gasteiger partial charge is 0.408 e. The molecule has 35 heteroatoms. The van der Waals surface area contributed by atoms with Gasteiger partial charge in [0, 0.05) is 6.54 Å². The lowest BCUT2D eigenvalue weighted by Crippen LogP contribution is -2.67. The highest BCUT2D eigenvalue weighted by molar-refractivity contribution is 6.01. The number of aliphatic hydroxyl groups excluding tert-OH is 4. The van der Waals surface area contributed by atoms with E-state index in [4.69, 9.17) is 31.4 Å². The van der Waals surface area contributed by atoms with Gasteiger partial charge in [-0.25, -0.2) is 9.59 Å². The molecule has 0 spiro atoms. The van der Waals surface area contributed by atoms with Crippen molar-refractivity contribution in [1.82, 2.24) is 58.5 Å². The van der Waals surface area contributed by atoms with E-state index in [2.05, 4.69) is 52.8 Å². The molecule has 0 bridgehead atoms. The summed E-state index contributed by atoms with van der Waals surface area (Å²) in [4.78, 5) is 191. The van der Waals surface area contributed by atoms with Gasteiger partial charge in [-0.1, -0.05) is 128 Å². The van der Waals surface area contributed by atoms with Gasteiger partial charge in [0.15, 0.2) is 24.2 Å². The van der Waals surface area contributed by atoms with Crippen molar-refractivity contribution in [3.63, 3.8) is 0 Å². The molecular formula is C68H105N15O20. The van der Waals surface area contributed by atoms with Crippen LogP contribution >= 0.6 is 0 Å². The lowest BCUT2D eigenvalue weighted by atomic mass is 9.80. The van der Waals surface area contributed by atoms with Crippen molar-refractivity contribution in [2.24, 2.45) is 39.9 Å². The third kappa shape index (κ3) is 27.3. The molecule has 0 radical (unpaired) electrons. The quantitative estimate of drug-likeness (QED) is 0.0211. The van der Waals surface area contributed by atoms with E-state index in [9.17, 15) is 68.4 Å². The predicted octanol–water partition coefficient (Wildman–Crippen LogP) is -3.41. The van der Waals surface area contributed by atoms with E-state index in [0.29, 0.717) is 12.0 Å². The lowest BCUT2D eigenvalue weighted by molar-refractivity contribution is -0.159. The fourth-order valence-corrected chi connectivity index (χ4v) is 11.0. The minimum Gasteiger partial charge on any atom is -0.453 e. The molecular weight excluding hydrogens is 1350 g/mol. The highest BCUT2D eigenvalue weighted by atomic mass is 16.6. The first-order chi connectivity index (χ1) is 48.4. The molecule has 572 valence electrons. The third-order valence-corrected chi connectivity index (χ3v) is 17.0. The number of hydrogen-bond acceptors (Lipinski definition) is 21. The number of nitrogens with one attached hydrogen (secondary N) is 11. The monoisotopic (exact) mass is 1450 g/mol. The second-order valence-electron chi connectivity index (χ2n) is 27.4. The van der Waals surface area contributed by atoms with Gasteiger partial charge in [-0.2, -0.15) is 0 Å². The number of nitrogens with zero attached hydrogens (tertiary/aromatic N) is 1. The summed E-state index contributed by atoms with van der Waals surface area (Å²) >= 11 is 0. The van der Waals surface area contributed by atoms with Crippen LogP contribution in [0.3, 0.4) is 0 Å². The zero-order valence-corrected chi connectivity index (χ0v) is 59.9. The van der Waals surface area contributed by atoms with E-state index in [0.717, 1.165) is 6.92 Å². The number of alkyl carbamates (subject to hydrolysis) is 1. The van der Waals surface area contributed by atoms with Crippen LogP contribution < -0.4 is 75.7 Å². The molecule has 4 rings (SSSR count). The number of benzene rings is 2. The largest absolute Gasteiger partial charge is 0.453 e. The Morgan fingerprint density at radius 2 is 1.25 bits per heavy atom. The average Bonchev–Trinajstić information content (AvgIpc) is 0.790. The van der Waals surface area contributed by atoms with Crippen LogP contribution in [0.15, 0.2) is 65.7 Å². The van der Waals surface area contributed by atoms with Gasteiger partial charge in [0.1, 0.15) is 60.5 Å². The first kappa shape index (κ1) is 85.8. The number of hydrogen-bond donors (Lipinski definition) is 18. The Kier molecular flexibility index (Phi) is 34.1. The van der Waals surface area contributed by atoms with E-state index in [1.54, 1.807) is 78.8 Å². The van der Waals surface area contributed by atoms with Gasteiger partial charge in [-0.15, -0.1) is 0 Å². The van der Waals surface area contributed by atoms with Gasteiger partial charge in [-0.05, 0) is 88.7 Å². The van der Waals surface area contributed by atoms with Crippen LogP contribution in [0.1, 0.15) is 144 Å². The molecule has 2 fully saturated rings. The van der Waals surface area contributed by atoms with Gasteiger partial charge >= 0.3 is 12.1 Å². The molecule has 2 aliphatic rings. The molecule has 14 atom stereocenters. The second kappa shape index (κ2) is 40.9. The summed E-state index contributed by atoms with van der Waals surface area (Å²) in [5, 5.41) is 71.5. The summed E-state index contributed by atoms with van der Waals surface area (Å²) in [5.74, 6) is -17.4. The number of carbonyl (C=O) groups excluding carboxylic acids is 13. The number of ether oxygens (including phenoxy) is 3. The number of rotatable bonds is 24. The van der Waals surface area contributed by atoms with Crippen molar-refractivity contribution in [3.05, 3.63) is 71.8 Å². The number of cyclic esters (lactones) is 1. The van der Waals surface area contributed by atoms with Gasteiger partial charge in [0.25, 0.3) is 0 Å². The van der Waals surface area contributed by atoms with Crippen molar-refractivity contribution >= 4 is 83.0 Å². The molecule has 35 nitrogen and oxygen atoms in total. The fourth-order valence-electron chi connectivity index (χ4n) is 11.0. The second-order valence-corrected chi connectivity index (χ2v) is 27.4. The zero-order chi connectivity index (χ0) is 77.1. The standard InChI is InChI=1S/C68H105N15O20/c1-11-37(6)46-59(94)80-47(38(7)85)58(93)73-31-45(86)78-49(52(88)54(69)89)61(96)76-43(32-84)63(98)103-53(40-24-17-13-18-25-40)50(62(97)81-48(51(87)36(4)5)60(95)75-42(30-35(2)3)56(91)74-41(55(90)79-46)26-21-29-72-65(70)71)82-64(99)68(27-19-14-20-28-68)83-57(92)44(34-102-67(8,9)10)77-66(100)101-33-39-22-15-12-16-23-39/h12-13,15-18,22-25,35-38,41-44,46-53,84-85,87-88H,11,14,19-21,26-34H2,1-10H3,(H2,69,89)(H,73,93)(H,74,91)(H,75,95)(H,76,96)(H,77,100)(H,78,86)(H,79,90)(H,80,94)(H,81,97)(H,82,99)(H,83,92)(H4,70,71,72)/t37-,38-,41+,42-,43-,44+,46?,47?,48-,49-,50-,51+,52-,53+/m0/s1. The SMILES string of the molecule is CC[C@H](C)C1NC(=O)[C@@H](CCCN=C(N)N)NC(=O)[C@H](CC(C)C)NC(=O)[C@H]([C@H](O)C(C)C)NC(=O)[C@@H](NC(=O)C2(NC(=O)[C@@H](COC(C)(C)C)NC(=O)OCc3ccccc3)CCCCC2)[C@@H](c2ccccc2)OC(=O)[C@H](CO)NC(=O)[C@H]([C@H](O)C(N)=O)NC(=O)CNC(=O)C([C@H](C)O)NC1=O. The van der Waals surface area contributed by atoms with Crippen LogP contribution in [0.25, 0.3) is 0 Å². The van der Waals surface area contributed by atoms with E-state index in [-0.39, 0.29) is 76.0 Å². The number of primary amides is 1. The Hall–Kier alpha value is -9.58. The minimum absolute atomic E-state index is 0.0262. The summed E-state index contributed by atoms with van der Waals surface area (Å²) in [6.07, 6.45) is -8.62. The summed E-state index contributed by atoms with van der Waals surface area (Å²) in [6, 6.07) is -1.51. The lowest BCUT2D eigenvalue weighted by Gasteiger charge is -2.40. The zero-order valence-electron chi connectivity index (χ0n) is 59.9. The van der Waals surface area contributed by atoms with E-state index in [1.807, 2.05) is 10.6 Å². The number of aliphatic hydroxyl groups is 4. The Morgan fingerprint density at radius 3 is 1.82 bits per heavy atom. The van der Waals surface area contributed by atoms with Gasteiger partial charge in [0.05, 0.1) is 37.6 Å². The van der Waals surface area contributed by atoms with Crippen LogP contribution in [0.2, 0.25) is 0 Å². The van der Waals surface area contributed by atoms with E-state index < -0.39 is 204 Å². The highest BCUT2D eigenvalue weighted by Crippen LogP contribution is 2.31. The first-order valence-electron chi connectivity index (χ1n) is 34.3. The molecule has 2 aromatic carbocycles. The van der Waals surface area contributed by atoms with Crippen molar-refractivity contribution < 1.29 is 97.0 Å².